The molecule has 0 bridgehead atoms. The lowest BCUT2D eigenvalue weighted by atomic mass is 10.0. The summed E-state index contributed by atoms with van der Waals surface area (Å²) in [6, 6.07) is 23.5. The van der Waals surface area contributed by atoms with Crippen molar-refractivity contribution in [2.24, 2.45) is 0 Å². The van der Waals surface area contributed by atoms with E-state index in [4.69, 9.17) is 4.98 Å². The molecule has 1 aliphatic rings. The second kappa shape index (κ2) is 10.3. The van der Waals surface area contributed by atoms with Crippen LogP contribution < -0.4 is 10.9 Å². The van der Waals surface area contributed by atoms with Crippen molar-refractivity contribution < 1.29 is 9.18 Å². The number of hydrogen-bond donors (Lipinski definition) is 1. The SMILES string of the molecule is Cc1ccccc1NC(=O)Cn1c(-c2ccc(F)cc2)nc2c(c1=O)CCN(Cc1ccccc1)C2. The molecule has 0 radical (unpaired) electrons. The van der Waals surface area contributed by atoms with Crippen molar-refractivity contribution in [1.82, 2.24) is 14.5 Å². The van der Waals surface area contributed by atoms with E-state index in [0.29, 0.717) is 41.3 Å². The Morgan fingerprint density at radius 3 is 2.47 bits per heavy atom. The van der Waals surface area contributed by atoms with Gasteiger partial charge >= 0.3 is 0 Å². The minimum Gasteiger partial charge on any atom is -0.324 e. The Kier molecular flexibility index (Phi) is 6.73. The Balaban J connectivity index is 1.49. The third-order valence-electron chi connectivity index (χ3n) is 6.47. The Morgan fingerprint density at radius 2 is 1.72 bits per heavy atom. The van der Waals surface area contributed by atoms with E-state index in [0.717, 1.165) is 18.7 Å². The molecular weight excluding hydrogens is 455 g/mol. The molecular formula is C29H27FN4O2. The van der Waals surface area contributed by atoms with E-state index in [-0.39, 0.29) is 23.8 Å². The fourth-order valence-corrected chi connectivity index (χ4v) is 4.57. The van der Waals surface area contributed by atoms with Gasteiger partial charge in [0.2, 0.25) is 5.91 Å². The highest BCUT2D eigenvalue weighted by Crippen LogP contribution is 2.23. The summed E-state index contributed by atoms with van der Waals surface area (Å²) < 4.78 is 15.1. The number of carbonyl (C=O) groups is 1. The molecule has 0 atom stereocenters. The van der Waals surface area contributed by atoms with E-state index >= 15 is 0 Å². The van der Waals surface area contributed by atoms with Gasteiger partial charge in [0.15, 0.2) is 0 Å². The largest absolute Gasteiger partial charge is 0.324 e. The molecule has 36 heavy (non-hydrogen) atoms. The van der Waals surface area contributed by atoms with Crippen LogP contribution in [0.1, 0.15) is 22.4 Å². The highest BCUT2D eigenvalue weighted by Gasteiger charge is 2.25. The van der Waals surface area contributed by atoms with E-state index in [2.05, 4.69) is 22.3 Å². The number of fused-ring (bicyclic) bond motifs is 1. The predicted molar refractivity (Wildman–Crippen MR) is 138 cm³/mol. The zero-order chi connectivity index (χ0) is 25.1. The molecule has 0 unspecified atom stereocenters. The standard InChI is InChI=1S/C29H27FN4O2/c1-20-7-5-6-10-25(20)31-27(35)19-34-28(22-11-13-23(30)14-12-22)32-26-18-33(16-15-24(26)29(34)36)17-21-8-3-2-4-9-21/h2-14H,15-19H2,1H3,(H,31,35). The molecule has 6 nitrogen and oxygen atoms in total. The number of amides is 1. The molecule has 3 aromatic carbocycles. The lowest BCUT2D eigenvalue weighted by molar-refractivity contribution is -0.116. The van der Waals surface area contributed by atoms with Gasteiger partial charge in [-0.2, -0.15) is 0 Å². The van der Waals surface area contributed by atoms with E-state index in [1.54, 1.807) is 12.1 Å². The molecule has 1 amide bonds. The molecule has 2 heterocycles. The highest BCUT2D eigenvalue weighted by molar-refractivity contribution is 5.91. The summed E-state index contributed by atoms with van der Waals surface area (Å²) in [4.78, 5) is 33.7. The van der Waals surface area contributed by atoms with E-state index in [9.17, 15) is 14.0 Å². The van der Waals surface area contributed by atoms with Gasteiger partial charge in [-0.25, -0.2) is 9.37 Å². The van der Waals surface area contributed by atoms with Crippen molar-refractivity contribution >= 4 is 11.6 Å². The average Bonchev–Trinajstić information content (AvgIpc) is 2.88. The van der Waals surface area contributed by atoms with Gasteiger partial charge in [0, 0.05) is 36.4 Å². The summed E-state index contributed by atoms with van der Waals surface area (Å²) in [5.74, 6) is -0.338. The summed E-state index contributed by atoms with van der Waals surface area (Å²) >= 11 is 0. The average molecular weight is 483 g/mol. The maximum absolute atomic E-state index is 13.6. The number of aromatic nitrogens is 2. The van der Waals surface area contributed by atoms with Gasteiger partial charge in [-0.3, -0.25) is 19.1 Å². The molecule has 1 aliphatic heterocycles. The number of anilines is 1. The van der Waals surface area contributed by atoms with Crippen LogP contribution in [0.25, 0.3) is 11.4 Å². The quantitative estimate of drug-likeness (QED) is 0.438. The molecule has 7 heteroatoms. The van der Waals surface area contributed by atoms with Gasteiger partial charge in [-0.1, -0.05) is 48.5 Å². The Hall–Kier alpha value is -4.10. The Bertz CT molecular complexity index is 1450. The number of para-hydroxylation sites is 1. The van der Waals surface area contributed by atoms with Gasteiger partial charge < -0.3 is 5.32 Å². The van der Waals surface area contributed by atoms with Crippen LogP contribution in [0, 0.1) is 12.7 Å². The fraction of sp³-hybridized carbons (Fsp3) is 0.207. The van der Waals surface area contributed by atoms with Crippen molar-refractivity contribution in [1.29, 1.82) is 0 Å². The predicted octanol–water partition coefficient (Wildman–Crippen LogP) is 4.55. The highest BCUT2D eigenvalue weighted by atomic mass is 19.1. The fourth-order valence-electron chi connectivity index (χ4n) is 4.57. The van der Waals surface area contributed by atoms with Gasteiger partial charge in [0.1, 0.15) is 18.2 Å². The third kappa shape index (κ3) is 5.11. The first-order chi connectivity index (χ1) is 17.5. The van der Waals surface area contributed by atoms with Crippen LogP contribution in [-0.2, 0) is 30.8 Å². The zero-order valence-electron chi connectivity index (χ0n) is 20.1. The first kappa shape index (κ1) is 23.6. The monoisotopic (exact) mass is 482 g/mol. The van der Waals surface area contributed by atoms with Gasteiger partial charge in [0.25, 0.3) is 5.56 Å². The molecule has 5 rings (SSSR count). The number of nitrogens with one attached hydrogen (secondary N) is 1. The van der Waals surface area contributed by atoms with Crippen LogP contribution in [0.3, 0.4) is 0 Å². The number of carbonyl (C=O) groups excluding carboxylic acids is 1. The molecule has 1 N–H and O–H groups in total. The maximum Gasteiger partial charge on any atom is 0.257 e. The van der Waals surface area contributed by atoms with Gasteiger partial charge in [-0.15, -0.1) is 0 Å². The summed E-state index contributed by atoms with van der Waals surface area (Å²) in [6.45, 7) is 3.74. The van der Waals surface area contributed by atoms with Crippen molar-refractivity contribution in [3.05, 3.63) is 117 Å². The topological polar surface area (TPSA) is 67.2 Å². The molecule has 0 saturated carbocycles. The van der Waals surface area contributed by atoms with Crippen molar-refractivity contribution in [2.45, 2.75) is 33.0 Å². The number of hydrogen-bond acceptors (Lipinski definition) is 4. The van der Waals surface area contributed by atoms with Crippen LogP contribution in [-0.4, -0.2) is 26.9 Å². The van der Waals surface area contributed by atoms with Crippen molar-refractivity contribution in [2.75, 3.05) is 11.9 Å². The van der Waals surface area contributed by atoms with Gasteiger partial charge in [-0.05, 0) is 54.8 Å². The molecule has 1 aromatic heterocycles. The Labute approximate surface area is 209 Å². The maximum atomic E-state index is 13.6. The molecule has 182 valence electrons. The zero-order valence-corrected chi connectivity index (χ0v) is 20.1. The second-order valence-corrected chi connectivity index (χ2v) is 9.07. The minimum atomic E-state index is -0.378. The normalized spacial score (nSPS) is 13.3. The summed E-state index contributed by atoms with van der Waals surface area (Å²) in [5, 5.41) is 2.89. The second-order valence-electron chi connectivity index (χ2n) is 9.07. The van der Waals surface area contributed by atoms with E-state index in [1.807, 2.05) is 49.4 Å². The number of rotatable bonds is 6. The lowest BCUT2D eigenvalue weighted by Crippen LogP contribution is -2.39. The smallest absolute Gasteiger partial charge is 0.257 e. The number of halogens is 1. The lowest BCUT2D eigenvalue weighted by Gasteiger charge is -2.29. The summed E-state index contributed by atoms with van der Waals surface area (Å²) in [6.07, 6.45) is 0.553. The molecule has 0 fully saturated rings. The molecule has 4 aromatic rings. The number of nitrogens with zero attached hydrogens (tertiary/aromatic N) is 3. The number of benzene rings is 3. The summed E-state index contributed by atoms with van der Waals surface area (Å²) in [5.41, 5.74) is 4.52. The minimum absolute atomic E-state index is 0.187. The molecule has 0 spiro atoms. The van der Waals surface area contributed by atoms with Crippen LogP contribution in [0.4, 0.5) is 10.1 Å². The Morgan fingerprint density at radius 1 is 1.00 bits per heavy atom. The first-order valence-corrected chi connectivity index (χ1v) is 12.0. The van der Waals surface area contributed by atoms with Crippen LogP contribution >= 0.6 is 0 Å². The van der Waals surface area contributed by atoms with Crippen LogP contribution in [0.5, 0.6) is 0 Å². The van der Waals surface area contributed by atoms with Crippen molar-refractivity contribution in [3.8, 4) is 11.4 Å². The van der Waals surface area contributed by atoms with Crippen LogP contribution in [0.15, 0.2) is 83.7 Å². The number of aryl methyl sites for hydroxylation is 1. The molecule has 0 aliphatic carbocycles. The first-order valence-electron chi connectivity index (χ1n) is 12.0. The van der Waals surface area contributed by atoms with Crippen molar-refractivity contribution in [3.63, 3.8) is 0 Å². The van der Waals surface area contributed by atoms with E-state index < -0.39 is 0 Å². The van der Waals surface area contributed by atoms with E-state index in [1.165, 1.54) is 22.3 Å². The third-order valence-corrected chi connectivity index (χ3v) is 6.47. The van der Waals surface area contributed by atoms with Crippen LogP contribution in [0.2, 0.25) is 0 Å². The molecule has 0 saturated heterocycles. The summed E-state index contributed by atoms with van der Waals surface area (Å²) in [7, 11) is 0. The van der Waals surface area contributed by atoms with Gasteiger partial charge in [0.05, 0.1) is 5.69 Å².